The zero-order valence-electron chi connectivity index (χ0n) is 9.33. The van der Waals surface area contributed by atoms with E-state index >= 15 is 0 Å². The number of rotatable bonds is 2. The first-order chi connectivity index (χ1) is 7.58. The number of hydrogen-bond donors (Lipinski definition) is 1. The van der Waals surface area contributed by atoms with Crippen molar-refractivity contribution < 1.29 is 0 Å². The molecule has 2 aromatic rings. The lowest BCUT2D eigenvalue weighted by atomic mass is 10.3. The van der Waals surface area contributed by atoms with Gasteiger partial charge in [0.1, 0.15) is 5.82 Å². The molecule has 0 bridgehead atoms. The van der Waals surface area contributed by atoms with Crippen molar-refractivity contribution in [2.45, 2.75) is 19.9 Å². The molecule has 6 nitrogen and oxygen atoms in total. The first-order valence-electron chi connectivity index (χ1n) is 4.75. The Morgan fingerprint density at radius 1 is 1.35 bits per heavy atom. The highest BCUT2D eigenvalue weighted by atomic mass is 79.9. The second kappa shape index (κ2) is 5.52. The van der Waals surface area contributed by atoms with Crippen LogP contribution in [0.1, 0.15) is 24.6 Å². The van der Waals surface area contributed by atoms with Crippen molar-refractivity contribution in [3.8, 4) is 5.95 Å². The average Bonchev–Trinajstić information content (AvgIpc) is 2.61. The molecule has 2 aromatic heterocycles. The van der Waals surface area contributed by atoms with Crippen LogP contribution in [0, 0.1) is 6.92 Å². The fourth-order valence-electron chi connectivity index (χ4n) is 1.29. The molecule has 0 saturated carbocycles. The van der Waals surface area contributed by atoms with Gasteiger partial charge >= 0.3 is 0 Å². The predicted molar refractivity (Wildman–Crippen MR) is 69.2 cm³/mol. The molecular weight excluding hydrogens is 307 g/mol. The zero-order chi connectivity index (χ0) is 11.7. The number of halogens is 2. The SMILES string of the molecule is Cc1nc([C@H](C)N)n(-c2ncc(Br)cn2)n1.Cl. The quantitative estimate of drug-likeness (QED) is 0.908. The van der Waals surface area contributed by atoms with Crippen molar-refractivity contribution in [2.24, 2.45) is 5.73 Å². The Labute approximate surface area is 113 Å². The van der Waals surface area contributed by atoms with Crippen LogP contribution in [0.15, 0.2) is 16.9 Å². The highest BCUT2D eigenvalue weighted by Gasteiger charge is 2.14. The largest absolute Gasteiger partial charge is 0.322 e. The van der Waals surface area contributed by atoms with Crippen LogP contribution in [0.4, 0.5) is 0 Å². The number of nitrogens with two attached hydrogens (primary N) is 1. The Balaban J connectivity index is 0.00000144. The van der Waals surface area contributed by atoms with Gasteiger partial charge < -0.3 is 5.73 Å². The van der Waals surface area contributed by atoms with Gasteiger partial charge in [-0.15, -0.1) is 17.5 Å². The van der Waals surface area contributed by atoms with Gasteiger partial charge in [0.25, 0.3) is 5.95 Å². The molecule has 2 N–H and O–H groups in total. The fourth-order valence-corrected chi connectivity index (χ4v) is 1.49. The highest BCUT2D eigenvalue weighted by molar-refractivity contribution is 9.10. The maximum Gasteiger partial charge on any atom is 0.252 e. The lowest BCUT2D eigenvalue weighted by Crippen LogP contribution is -2.15. The van der Waals surface area contributed by atoms with E-state index in [4.69, 9.17) is 5.73 Å². The number of nitrogens with zero attached hydrogens (tertiary/aromatic N) is 5. The van der Waals surface area contributed by atoms with Gasteiger partial charge in [-0.2, -0.15) is 4.68 Å². The monoisotopic (exact) mass is 318 g/mol. The van der Waals surface area contributed by atoms with Crippen molar-refractivity contribution in [1.82, 2.24) is 24.7 Å². The van der Waals surface area contributed by atoms with Crippen LogP contribution < -0.4 is 5.73 Å². The van der Waals surface area contributed by atoms with Crippen LogP contribution in [0.2, 0.25) is 0 Å². The third kappa shape index (κ3) is 2.99. The first kappa shape index (κ1) is 14.0. The molecule has 2 rings (SSSR count). The van der Waals surface area contributed by atoms with E-state index < -0.39 is 0 Å². The molecule has 0 aliphatic carbocycles. The van der Waals surface area contributed by atoms with E-state index in [1.54, 1.807) is 24.0 Å². The van der Waals surface area contributed by atoms with Crippen LogP contribution in [0.25, 0.3) is 5.95 Å². The summed E-state index contributed by atoms with van der Waals surface area (Å²) in [5.74, 6) is 1.77. The third-order valence-electron chi connectivity index (χ3n) is 1.94. The summed E-state index contributed by atoms with van der Waals surface area (Å²) in [5.41, 5.74) is 5.81. The molecule has 0 aliphatic rings. The van der Waals surface area contributed by atoms with Crippen molar-refractivity contribution in [2.75, 3.05) is 0 Å². The van der Waals surface area contributed by atoms with Crippen molar-refractivity contribution in [1.29, 1.82) is 0 Å². The smallest absolute Gasteiger partial charge is 0.252 e. The summed E-state index contributed by atoms with van der Waals surface area (Å²) in [6, 6.07) is -0.214. The molecule has 0 unspecified atom stereocenters. The van der Waals surface area contributed by atoms with Gasteiger partial charge in [0, 0.05) is 12.4 Å². The van der Waals surface area contributed by atoms with Crippen molar-refractivity contribution in [3.63, 3.8) is 0 Å². The molecule has 0 aromatic carbocycles. The number of aryl methyl sites for hydroxylation is 1. The van der Waals surface area contributed by atoms with Gasteiger partial charge in [-0.25, -0.2) is 15.0 Å². The second-order valence-electron chi connectivity index (χ2n) is 3.42. The average molecular weight is 320 g/mol. The Kier molecular flexibility index (Phi) is 4.55. The fraction of sp³-hybridized carbons (Fsp3) is 0.333. The van der Waals surface area contributed by atoms with E-state index in [2.05, 4.69) is 36.0 Å². The van der Waals surface area contributed by atoms with Gasteiger partial charge in [0.15, 0.2) is 5.82 Å². The van der Waals surface area contributed by atoms with Crippen LogP contribution in [0.5, 0.6) is 0 Å². The topological polar surface area (TPSA) is 82.5 Å². The Hall–Kier alpha value is -1.05. The molecule has 0 saturated heterocycles. The van der Waals surface area contributed by atoms with Gasteiger partial charge in [-0.3, -0.25) is 0 Å². The van der Waals surface area contributed by atoms with Crippen LogP contribution >= 0.6 is 28.3 Å². The molecule has 1 atom stereocenters. The van der Waals surface area contributed by atoms with Gasteiger partial charge in [-0.1, -0.05) is 0 Å². The van der Waals surface area contributed by atoms with Gasteiger partial charge in [0.05, 0.1) is 10.5 Å². The van der Waals surface area contributed by atoms with E-state index in [9.17, 15) is 0 Å². The summed E-state index contributed by atoms with van der Waals surface area (Å²) in [6.07, 6.45) is 3.31. The molecular formula is C9H12BrClN6. The molecule has 92 valence electrons. The standard InChI is InChI=1S/C9H11BrN6.ClH/c1-5(11)8-14-6(2)15-16(8)9-12-3-7(10)4-13-9;/h3-5H,11H2,1-2H3;1H/t5-;/m0./s1. The minimum atomic E-state index is -0.214. The molecule has 0 spiro atoms. The first-order valence-corrected chi connectivity index (χ1v) is 5.54. The second-order valence-corrected chi connectivity index (χ2v) is 4.33. The lowest BCUT2D eigenvalue weighted by molar-refractivity contribution is 0.668. The molecule has 0 aliphatic heterocycles. The maximum absolute atomic E-state index is 5.81. The lowest BCUT2D eigenvalue weighted by Gasteiger charge is -2.05. The Morgan fingerprint density at radius 3 is 2.47 bits per heavy atom. The maximum atomic E-state index is 5.81. The van der Waals surface area contributed by atoms with Gasteiger partial charge in [0.2, 0.25) is 0 Å². The van der Waals surface area contributed by atoms with Crippen molar-refractivity contribution >= 4 is 28.3 Å². The van der Waals surface area contributed by atoms with E-state index in [0.717, 1.165) is 4.47 Å². The molecule has 0 fully saturated rings. The van der Waals surface area contributed by atoms with E-state index in [1.165, 1.54) is 0 Å². The van der Waals surface area contributed by atoms with Crippen molar-refractivity contribution in [3.05, 3.63) is 28.5 Å². The van der Waals surface area contributed by atoms with E-state index in [1.807, 2.05) is 6.92 Å². The van der Waals surface area contributed by atoms with Crippen LogP contribution in [-0.4, -0.2) is 24.7 Å². The van der Waals surface area contributed by atoms with Gasteiger partial charge in [-0.05, 0) is 29.8 Å². The normalized spacial score (nSPS) is 12.0. The molecule has 0 radical (unpaired) electrons. The molecule has 17 heavy (non-hydrogen) atoms. The Morgan fingerprint density at radius 2 is 1.94 bits per heavy atom. The summed E-state index contributed by atoms with van der Waals surface area (Å²) in [4.78, 5) is 12.5. The van der Waals surface area contributed by atoms with Crippen LogP contribution in [0.3, 0.4) is 0 Å². The van der Waals surface area contributed by atoms with Crippen LogP contribution in [-0.2, 0) is 0 Å². The number of aromatic nitrogens is 5. The third-order valence-corrected chi connectivity index (χ3v) is 2.35. The minimum absolute atomic E-state index is 0. The Bertz CT molecular complexity index is 495. The number of hydrogen-bond acceptors (Lipinski definition) is 5. The summed E-state index contributed by atoms with van der Waals surface area (Å²) in [5, 5.41) is 4.22. The molecule has 0 amide bonds. The predicted octanol–water partition coefficient (Wildman–Crippen LogP) is 1.57. The summed E-state index contributed by atoms with van der Waals surface area (Å²) >= 11 is 3.28. The summed E-state index contributed by atoms with van der Waals surface area (Å²) < 4.78 is 2.38. The van der Waals surface area contributed by atoms with E-state index in [0.29, 0.717) is 17.6 Å². The molecule has 2 heterocycles. The summed E-state index contributed by atoms with van der Waals surface area (Å²) in [7, 11) is 0. The zero-order valence-corrected chi connectivity index (χ0v) is 11.7. The summed E-state index contributed by atoms with van der Waals surface area (Å²) in [6.45, 7) is 3.65. The van der Waals surface area contributed by atoms with E-state index in [-0.39, 0.29) is 18.4 Å². The minimum Gasteiger partial charge on any atom is -0.322 e. The highest BCUT2D eigenvalue weighted by Crippen LogP contribution is 2.12. The molecule has 8 heteroatoms.